The number of carbonyl (C=O) groups excluding carboxylic acids is 1. The molecule has 3 saturated heterocycles. The molecule has 0 N–H and O–H groups in total. The van der Waals surface area contributed by atoms with Gasteiger partial charge < -0.3 is 9.64 Å². The maximum absolute atomic E-state index is 13.4. The largest absolute Gasteiger partial charge is 0.376 e. The van der Waals surface area contributed by atoms with Crippen molar-refractivity contribution in [3.63, 3.8) is 0 Å². The summed E-state index contributed by atoms with van der Waals surface area (Å²) in [6.45, 7) is 5.72. The maximum atomic E-state index is 13.4. The second-order valence-electron chi connectivity index (χ2n) is 8.63. The summed E-state index contributed by atoms with van der Waals surface area (Å²) >= 11 is 1.46. The van der Waals surface area contributed by atoms with Crippen molar-refractivity contribution in [2.45, 2.75) is 38.7 Å². The Kier molecular flexibility index (Phi) is 6.32. The predicted molar refractivity (Wildman–Crippen MR) is 132 cm³/mol. The van der Waals surface area contributed by atoms with Crippen molar-refractivity contribution in [1.29, 1.82) is 0 Å². The van der Waals surface area contributed by atoms with E-state index in [1.54, 1.807) is 4.90 Å². The number of amides is 1. The molecule has 0 bridgehead atoms. The fourth-order valence-electron chi connectivity index (χ4n) is 4.49. The fourth-order valence-corrected chi connectivity index (χ4v) is 5.49. The molecule has 3 fully saturated rings. The number of thioether (sulfide) groups is 1. The zero-order valence-electron chi connectivity index (χ0n) is 18.5. The quantitative estimate of drug-likeness (QED) is 0.578. The highest BCUT2D eigenvalue weighted by Gasteiger charge is 2.36. The van der Waals surface area contributed by atoms with Crippen molar-refractivity contribution in [2.75, 3.05) is 31.1 Å². The molecule has 3 heterocycles. The Morgan fingerprint density at radius 2 is 1.94 bits per heavy atom. The normalized spacial score (nSPS) is 23.8. The molecule has 3 aliphatic heterocycles. The minimum Gasteiger partial charge on any atom is -0.376 e. The molecule has 6 heteroatoms. The van der Waals surface area contributed by atoms with E-state index in [1.165, 1.54) is 35.9 Å². The first-order valence-electron chi connectivity index (χ1n) is 11.5. The maximum Gasteiger partial charge on any atom is 0.266 e. The average Bonchev–Trinajstić information content (AvgIpc) is 3.56. The summed E-state index contributed by atoms with van der Waals surface area (Å²) in [6, 6.07) is 16.4. The lowest BCUT2D eigenvalue weighted by molar-refractivity contribution is -0.123. The molecular weight excluding hydrogens is 418 g/mol. The summed E-state index contributed by atoms with van der Waals surface area (Å²) in [6.07, 6.45) is 6.67. The van der Waals surface area contributed by atoms with Gasteiger partial charge in [-0.05, 0) is 85.8 Å². The Labute approximate surface area is 194 Å². The number of amidine groups is 1. The van der Waals surface area contributed by atoms with Crippen molar-refractivity contribution in [3.05, 3.63) is 64.6 Å². The third-order valence-corrected chi connectivity index (χ3v) is 7.30. The number of anilines is 1. The van der Waals surface area contributed by atoms with Crippen LogP contribution in [-0.4, -0.2) is 48.3 Å². The van der Waals surface area contributed by atoms with Gasteiger partial charge in [-0.25, -0.2) is 4.99 Å². The van der Waals surface area contributed by atoms with Gasteiger partial charge in [0.25, 0.3) is 5.91 Å². The van der Waals surface area contributed by atoms with Crippen molar-refractivity contribution < 1.29 is 9.53 Å². The van der Waals surface area contributed by atoms with E-state index in [1.807, 2.05) is 36.4 Å². The third-order valence-electron chi connectivity index (χ3n) is 6.29. The average molecular weight is 448 g/mol. The van der Waals surface area contributed by atoms with E-state index < -0.39 is 0 Å². The Morgan fingerprint density at radius 1 is 1.12 bits per heavy atom. The first kappa shape index (κ1) is 21.3. The minimum atomic E-state index is 0.0169. The predicted octanol–water partition coefficient (Wildman–Crippen LogP) is 5.38. The molecule has 2 aromatic rings. The zero-order chi connectivity index (χ0) is 21.9. The third kappa shape index (κ3) is 4.62. The van der Waals surface area contributed by atoms with Gasteiger partial charge in [-0.1, -0.05) is 24.3 Å². The highest BCUT2D eigenvalue weighted by atomic mass is 32.2. The molecule has 1 amide bonds. The second kappa shape index (κ2) is 9.51. The Bertz CT molecular complexity index is 1040. The number of hydrogen-bond donors (Lipinski definition) is 0. The van der Waals surface area contributed by atoms with Crippen LogP contribution >= 0.6 is 11.8 Å². The van der Waals surface area contributed by atoms with Crippen LogP contribution in [0.3, 0.4) is 0 Å². The van der Waals surface area contributed by atoms with Crippen LogP contribution in [0.4, 0.5) is 11.4 Å². The minimum absolute atomic E-state index is 0.0169. The van der Waals surface area contributed by atoms with E-state index in [4.69, 9.17) is 9.73 Å². The van der Waals surface area contributed by atoms with Crippen molar-refractivity contribution in [1.82, 2.24) is 4.90 Å². The van der Waals surface area contributed by atoms with Crippen LogP contribution < -0.4 is 4.90 Å². The lowest BCUT2D eigenvalue weighted by Crippen LogP contribution is -2.36. The van der Waals surface area contributed by atoms with E-state index >= 15 is 0 Å². The van der Waals surface area contributed by atoms with Crippen molar-refractivity contribution >= 4 is 40.3 Å². The molecule has 0 saturated carbocycles. The summed E-state index contributed by atoms with van der Waals surface area (Å²) < 4.78 is 5.81. The summed E-state index contributed by atoms with van der Waals surface area (Å²) in [7, 11) is 0. The molecule has 32 heavy (non-hydrogen) atoms. The van der Waals surface area contributed by atoms with Crippen LogP contribution in [0.5, 0.6) is 0 Å². The molecule has 166 valence electrons. The second-order valence-corrected chi connectivity index (χ2v) is 9.64. The number of ether oxygens (including phenoxy) is 1. The molecule has 1 atom stereocenters. The Hall–Kier alpha value is -2.57. The van der Waals surface area contributed by atoms with Gasteiger partial charge in [0.05, 0.1) is 23.2 Å². The lowest BCUT2D eigenvalue weighted by Gasteiger charge is -2.19. The zero-order valence-corrected chi connectivity index (χ0v) is 19.3. The number of benzene rings is 2. The molecule has 0 spiro atoms. The van der Waals surface area contributed by atoms with Gasteiger partial charge in [0.2, 0.25) is 0 Å². The number of nitrogens with zero attached hydrogens (tertiary/aromatic N) is 3. The van der Waals surface area contributed by atoms with Gasteiger partial charge in [0.15, 0.2) is 5.17 Å². The molecule has 5 nitrogen and oxygen atoms in total. The van der Waals surface area contributed by atoms with Gasteiger partial charge in [0.1, 0.15) is 0 Å². The fraction of sp³-hybridized carbons (Fsp3) is 0.385. The number of rotatable bonds is 5. The summed E-state index contributed by atoms with van der Waals surface area (Å²) in [4.78, 5) is 23.1. The molecule has 3 aliphatic rings. The number of hydrogen-bond acceptors (Lipinski definition) is 5. The van der Waals surface area contributed by atoms with Crippen molar-refractivity contribution in [3.8, 4) is 0 Å². The number of para-hydroxylation sites is 1. The number of carbonyl (C=O) groups is 1. The van der Waals surface area contributed by atoms with Crippen LogP contribution in [0.15, 0.2) is 58.4 Å². The Morgan fingerprint density at radius 3 is 2.66 bits per heavy atom. The smallest absolute Gasteiger partial charge is 0.266 e. The van der Waals surface area contributed by atoms with Crippen LogP contribution in [0.1, 0.15) is 36.8 Å². The lowest BCUT2D eigenvalue weighted by atomic mass is 10.1. The highest BCUT2D eigenvalue weighted by molar-refractivity contribution is 8.18. The molecule has 2 aromatic carbocycles. The van der Waals surface area contributed by atoms with Crippen LogP contribution in [-0.2, 0) is 9.53 Å². The molecule has 0 aliphatic carbocycles. The van der Waals surface area contributed by atoms with Crippen LogP contribution in [0.2, 0.25) is 0 Å². The summed E-state index contributed by atoms with van der Waals surface area (Å²) in [5.41, 5.74) is 4.41. The van der Waals surface area contributed by atoms with Gasteiger partial charge in [0, 0.05) is 25.4 Å². The topological polar surface area (TPSA) is 45.1 Å². The first-order chi connectivity index (χ1) is 15.7. The highest BCUT2D eigenvalue weighted by Crippen LogP contribution is 2.36. The van der Waals surface area contributed by atoms with E-state index in [9.17, 15) is 4.79 Å². The SMILES string of the molecule is Cc1cc(N2CCCC2)ccc1/C=C1\SC(=Nc2ccccc2)N(C[C@H]2CCCO2)C1=O. The van der Waals surface area contributed by atoms with Gasteiger partial charge in [-0.3, -0.25) is 9.69 Å². The van der Waals surface area contributed by atoms with E-state index in [-0.39, 0.29) is 12.0 Å². The van der Waals surface area contributed by atoms with Crippen LogP contribution in [0, 0.1) is 6.92 Å². The van der Waals surface area contributed by atoms with Crippen molar-refractivity contribution in [2.24, 2.45) is 4.99 Å². The number of aryl methyl sites for hydroxylation is 1. The standard InChI is InChI=1S/C26H29N3O2S/c1-19-16-22(28-13-5-6-14-28)12-11-20(19)17-24-25(30)29(18-23-10-7-15-31-23)26(32-24)27-21-8-3-2-4-9-21/h2-4,8-9,11-12,16-17,23H,5-7,10,13-15,18H2,1H3/b24-17-,27-26?/t23-/m1/s1. The number of aliphatic imine (C=N–C) groups is 1. The Balaban J connectivity index is 1.42. The van der Waals surface area contributed by atoms with Gasteiger partial charge in [-0.15, -0.1) is 0 Å². The summed E-state index contributed by atoms with van der Waals surface area (Å²) in [5, 5.41) is 0.731. The van der Waals surface area contributed by atoms with E-state index in [0.29, 0.717) is 6.54 Å². The monoisotopic (exact) mass is 447 g/mol. The van der Waals surface area contributed by atoms with Crippen LogP contribution in [0.25, 0.3) is 6.08 Å². The molecule has 5 rings (SSSR count). The van der Waals surface area contributed by atoms with E-state index in [2.05, 4.69) is 30.0 Å². The van der Waals surface area contributed by atoms with E-state index in [0.717, 1.165) is 53.9 Å². The molecule has 0 aromatic heterocycles. The van der Waals surface area contributed by atoms with Gasteiger partial charge in [-0.2, -0.15) is 0 Å². The molecular formula is C26H29N3O2S. The first-order valence-corrected chi connectivity index (χ1v) is 12.3. The summed E-state index contributed by atoms with van der Waals surface area (Å²) in [5.74, 6) is 0.0169. The molecule has 0 radical (unpaired) electrons. The molecule has 0 unspecified atom stereocenters. The van der Waals surface area contributed by atoms with Gasteiger partial charge >= 0.3 is 0 Å².